The standard InChI is InChI=1S/C14H18N2O5S/c1-11-10-20-8-7-16(11)22(18,19)13-4-2-12(3-5-13)15-6-9-21-14(15)17/h2-5,11H,6-10H2,1H3/t11-/m1/s1. The summed E-state index contributed by atoms with van der Waals surface area (Å²) in [5, 5.41) is 0. The summed E-state index contributed by atoms with van der Waals surface area (Å²) >= 11 is 0. The van der Waals surface area contributed by atoms with E-state index in [0.717, 1.165) is 0 Å². The maximum atomic E-state index is 12.7. The van der Waals surface area contributed by atoms with E-state index < -0.39 is 16.1 Å². The van der Waals surface area contributed by atoms with Crippen molar-refractivity contribution in [1.82, 2.24) is 4.31 Å². The average Bonchev–Trinajstić information content (AvgIpc) is 2.94. The van der Waals surface area contributed by atoms with Crippen LogP contribution in [0.1, 0.15) is 6.92 Å². The molecule has 1 aromatic carbocycles. The minimum atomic E-state index is -3.55. The molecular formula is C14H18N2O5S. The first kappa shape index (κ1) is 15.3. The highest BCUT2D eigenvalue weighted by Crippen LogP contribution is 2.24. The summed E-state index contributed by atoms with van der Waals surface area (Å²) in [6.07, 6.45) is -0.405. The van der Waals surface area contributed by atoms with E-state index in [1.165, 1.54) is 21.3 Å². The molecule has 2 aliphatic rings. The van der Waals surface area contributed by atoms with Gasteiger partial charge in [-0.2, -0.15) is 4.31 Å². The number of amides is 1. The van der Waals surface area contributed by atoms with Gasteiger partial charge in [0.15, 0.2) is 0 Å². The third-order valence-corrected chi connectivity index (χ3v) is 5.85. The van der Waals surface area contributed by atoms with Crippen LogP contribution in [-0.4, -0.2) is 57.8 Å². The number of morpholine rings is 1. The van der Waals surface area contributed by atoms with Crippen LogP contribution < -0.4 is 4.90 Å². The van der Waals surface area contributed by atoms with Gasteiger partial charge in [-0.3, -0.25) is 4.90 Å². The van der Waals surface area contributed by atoms with Gasteiger partial charge in [0.25, 0.3) is 0 Å². The number of cyclic esters (lactones) is 1. The lowest BCUT2D eigenvalue weighted by Gasteiger charge is -2.32. The number of hydrogen-bond donors (Lipinski definition) is 0. The van der Waals surface area contributed by atoms with Gasteiger partial charge in [0.1, 0.15) is 6.61 Å². The zero-order valence-electron chi connectivity index (χ0n) is 12.3. The van der Waals surface area contributed by atoms with Gasteiger partial charge in [-0.25, -0.2) is 13.2 Å². The SMILES string of the molecule is C[C@@H]1COCCN1S(=O)(=O)c1ccc(N2CCOC2=O)cc1. The summed E-state index contributed by atoms with van der Waals surface area (Å²) in [5.74, 6) is 0. The van der Waals surface area contributed by atoms with Crippen molar-refractivity contribution < 1.29 is 22.7 Å². The lowest BCUT2D eigenvalue weighted by molar-refractivity contribution is 0.0393. The van der Waals surface area contributed by atoms with Crippen molar-refractivity contribution in [3.63, 3.8) is 0 Å². The number of sulfonamides is 1. The van der Waals surface area contributed by atoms with Gasteiger partial charge in [0.2, 0.25) is 10.0 Å². The minimum absolute atomic E-state index is 0.188. The lowest BCUT2D eigenvalue weighted by Crippen LogP contribution is -2.46. The van der Waals surface area contributed by atoms with Crippen LogP contribution >= 0.6 is 0 Å². The predicted molar refractivity (Wildman–Crippen MR) is 79.3 cm³/mol. The van der Waals surface area contributed by atoms with Crippen LogP contribution in [0.2, 0.25) is 0 Å². The summed E-state index contributed by atoms with van der Waals surface area (Å²) in [6.45, 7) is 3.81. The Morgan fingerprint density at radius 2 is 1.86 bits per heavy atom. The Balaban J connectivity index is 1.84. The molecule has 120 valence electrons. The molecule has 1 aromatic rings. The van der Waals surface area contributed by atoms with Gasteiger partial charge < -0.3 is 9.47 Å². The molecule has 1 amide bonds. The van der Waals surface area contributed by atoms with E-state index in [1.807, 2.05) is 6.92 Å². The third-order valence-electron chi connectivity index (χ3n) is 3.82. The Morgan fingerprint density at radius 3 is 2.45 bits per heavy atom. The van der Waals surface area contributed by atoms with Gasteiger partial charge in [-0.1, -0.05) is 0 Å². The number of rotatable bonds is 3. The maximum absolute atomic E-state index is 12.7. The number of carbonyl (C=O) groups is 1. The van der Waals surface area contributed by atoms with Gasteiger partial charge in [0.05, 0.1) is 24.7 Å². The number of hydrogen-bond acceptors (Lipinski definition) is 5. The zero-order chi connectivity index (χ0) is 15.7. The maximum Gasteiger partial charge on any atom is 0.414 e. The van der Waals surface area contributed by atoms with E-state index in [-0.39, 0.29) is 10.9 Å². The van der Waals surface area contributed by atoms with E-state index in [2.05, 4.69) is 0 Å². The van der Waals surface area contributed by atoms with Crippen molar-refractivity contribution in [2.45, 2.75) is 17.9 Å². The molecule has 0 unspecified atom stereocenters. The highest BCUT2D eigenvalue weighted by Gasteiger charge is 2.32. The molecule has 22 heavy (non-hydrogen) atoms. The Hall–Kier alpha value is -1.64. The number of anilines is 1. The predicted octanol–water partition coefficient (Wildman–Crippen LogP) is 1.05. The van der Waals surface area contributed by atoms with Gasteiger partial charge in [-0.05, 0) is 31.2 Å². The molecule has 0 N–H and O–H groups in total. The normalized spacial score (nSPS) is 23.6. The summed E-state index contributed by atoms with van der Waals surface area (Å²) < 4.78 is 36.9. The second-order valence-corrected chi connectivity index (χ2v) is 7.19. The first-order valence-corrected chi connectivity index (χ1v) is 8.58. The number of benzene rings is 1. The second kappa shape index (κ2) is 5.86. The van der Waals surface area contributed by atoms with Gasteiger partial charge in [0, 0.05) is 18.3 Å². The van der Waals surface area contributed by atoms with Crippen molar-refractivity contribution in [3.05, 3.63) is 24.3 Å². The number of nitrogens with zero attached hydrogens (tertiary/aromatic N) is 2. The van der Waals surface area contributed by atoms with Crippen LogP contribution in [-0.2, 0) is 19.5 Å². The van der Waals surface area contributed by atoms with Crippen molar-refractivity contribution in [3.8, 4) is 0 Å². The largest absolute Gasteiger partial charge is 0.447 e. The van der Waals surface area contributed by atoms with Crippen LogP contribution in [0.25, 0.3) is 0 Å². The fourth-order valence-electron chi connectivity index (χ4n) is 2.63. The van der Waals surface area contributed by atoms with Crippen LogP contribution in [0.5, 0.6) is 0 Å². The molecular weight excluding hydrogens is 308 g/mol. The molecule has 8 heteroatoms. The molecule has 0 radical (unpaired) electrons. The first-order valence-electron chi connectivity index (χ1n) is 7.14. The molecule has 2 saturated heterocycles. The van der Waals surface area contributed by atoms with Crippen LogP contribution in [0.15, 0.2) is 29.2 Å². The van der Waals surface area contributed by atoms with E-state index >= 15 is 0 Å². The molecule has 0 bridgehead atoms. The van der Waals surface area contributed by atoms with Crippen LogP contribution in [0.4, 0.5) is 10.5 Å². The fourth-order valence-corrected chi connectivity index (χ4v) is 4.23. The fraction of sp³-hybridized carbons (Fsp3) is 0.500. The second-order valence-electron chi connectivity index (χ2n) is 5.30. The Bertz CT molecular complexity index is 658. The van der Waals surface area contributed by atoms with Gasteiger partial charge >= 0.3 is 6.09 Å². The summed E-state index contributed by atoms with van der Waals surface area (Å²) in [7, 11) is -3.55. The molecule has 2 aliphatic heterocycles. The van der Waals surface area contributed by atoms with Crippen molar-refractivity contribution >= 4 is 21.8 Å². The molecule has 2 fully saturated rings. The lowest BCUT2D eigenvalue weighted by atomic mass is 10.3. The molecule has 0 aliphatic carbocycles. The van der Waals surface area contributed by atoms with Crippen LogP contribution in [0.3, 0.4) is 0 Å². The Morgan fingerprint density at radius 1 is 1.14 bits per heavy atom. The topological polar surface area (TPSA) is 76.2 Å². The monoisotopic (exact) mass is 326 g/mol. The molecule has 0 spiro atoms. The molecule has 0 saturated carbocycles. The van der Waals surface area contributed by atoms with E-state index in [1.54, 1.807) is 12.1 Å². The zero-order valence-corrected chi connectivity index (χ0v) is 13.1. The average molecular weight is 326 g/mol. The quantitative estimate of drug-likeness (QED) is 0.830. The highest BCUT2D eigenvalue weighted by molar-refractivity contribution is 7.89. The van der Waals surface area contributed by atoms with E-state index in [9.17, 15) is 13.2 Å². The molecule has 0 aromatic heterocycles. The Kier molecular flexibility index (Phi) is 4.07. The van der Waals surface area contributed by atoms with Crippen LogP contribution in [0, 0.1) is 0 Å². The smallest absolute Gasteiger partial charge is 0.414 e. The molecule has 7 nitrogen and oxygen atoms in total. The molecule has 1 atom stereocenters. The third kappa shape index (κ3) is 2.69. The Labute approximate surface area is 129 Å². The summed E-state index contributed by atoms with van der Waals surface area (Å²) in [6, 6.07) is 6.12. The summed E-state index contributed by atoms with van der Waals surface area (Å²) in [5.41, 5.74) is 0.636. The van der Waals surface area contributed by atoms with E-state index in [0.29, 0.717) is 38.6 Å². The first-order chi connectivity index (χ1) is 10.5. The molecule has 3 rings (SSSR count). The van der Waals surface area contributed by atoms with Gasteiger partial charge in [-0.15, -0.1) is 0 Å². The highest BCUT2D eigenvalue weighted by atomic mass is 32.2. The minimum Gasteiger partial charge on any atom is -0.447 e. The van der Waals surface area contributed by atoms with Crippen molar-refractivity contribution in [2.24, 2.45) is 0 Å². The van der Waals surface area contributed by atoms with Crippen molar-refractivity contribution in [2.75, 3.05) is 37.8 Å². The number of ether oxygens (including phenoxy) is 2. The van der Waals surface area contributed by atoms with E-state index in [4.69, 9.17) is 9.47 Å². The molecule has 2 heterocycles. The van der Waals surface area contributed by atoms with Crippen molar-refractivity contribution in [1.29, 1.82) is 0 Å². The number of carbonyl (C=O) groups excluding carboxylic acids is 1. The summed E-state index contributed by atoms with van der Waals surface area (Å²) in [4.78, 5) is 13.2.